The summed E-state index contributed by atoms with van der Waals surface area (Å²) in [6, 6.07) is 4.10. The van der Waals surface area contributed by atoms with Crippen LogP contribution in [-0.4, -0.2) is 114 Å². The molecular formula is C18H28B10F3N7. The maximum Gasteiger partial charge on any atom is 0.416 e. The summed E-state index contributed by atoms with van der Waals surface area (Å²) in [5, 5.41) is 5.65. The predicted molar refractivity (Wildman–Crippen MR) is 173 cm³/mol. The second-order valence-electron chi connectivity index (χ2n) is 12.8. The van der Waals surface area contributed by atoms with Crippen LogP contribution in [0.1, 0.15) is 5.56 Å². The molecule has 0 spiro atoms. The Labute approximate surface area is 230 Å². The van der Waals surface area contributed by atoms with E-state index in [-0.39, 0.29) is 27.3 Å². The standard InChI is InChI=1S/C18H28B10F3N7/c19-14(20)15(21,22)17(25,26)38(18(27,28)16(14,23)24)10-4-8(13(29,30)31)3-9(5-10)35-12-34-7-37(36-12)11-6-32-1-2-33-11/h1-7H,19-28H2,(H,35,36). The van der Waals surface area contributed by atoms with Gasteiger partial charge >= 0.3 is 6.18 Å². The number of hydrogen-bond acceptors (Lipinski definition) is 6. The molecule has 1 aliphatic rings. The minimum atomic E-state index is -4.53. The fraction of sp³-hybridized carbons (Fsp3) is 0.333. The van der Waals surface area contributed by atoms with E-state index < -0.39 is 22.4 Å². The number of nitrogens with zero attached hydrogens (tertiary/aromatic N) is 6. The van der Waals surface area contributed by atoms with Gasteiger partial charge in [0.05, 0.1) is 58.8 Å². The van der Waals surface area contributed by atoms with E-state index in [1.807, 2.05) is 0 Å². The smallest absolute Gasteiger partial charge is 0.394 e. The summed E-state index contributed by atoms with van der Waals surface area (Å²) in [5.74, 6) is 0.599. The number of halogens is 3. The lowest BCUT2D eigenvalue weighted by molar-refractivity contribution is -0.137. The van der Waals surface area contributed by atoms with Crippen LogP contribution >= 0.6 is 0 Å². The minimum absolute atomic E-state index is 0.136. The molecule has 3 aromatic rings. The van der Waals surface area contributed by atoms with Crippen LogP contribution in [0, 0.1) is 0 Å². The Morgan fingerprint density at radius 2 is 1.37 bits per heavy atom. The van der Waals surface area contributed by atoms with Crippen molar-refractivity contribution >= 4 is 95.8 Å². The van der Waals surface area contributed by atoms with E-state index in [0.29, 0.717) is 11.5 Å². The van der Waals surface area contributed by atoms with E-state index in [0.717, 1.165) is 6.07 Å². The van der Waals surface area contributed by atoms with E-state index in [1.54, 1.807) is 6.07 Å². The molecule has 38 heavy (non-hydrogen) atoms. The van der Waals surface area contributed by atoms with Gasteiger partial charge in [-0.2, -0.15) is 22.8 Å². The van der Waals surface area contributed by atoms with E-state index in [1.165, 1.54) is 35.7 Å². The summed E-state index contributed by atoms with van der Waals surface area (Å²) in [4.78, 5) is 14.6. The van der Waals surface area contributed by atoms with E-state index in [2.05, 4.69) is 109 Å². The van der Waals surface area contributed by atoms with Crippen molar-refractivity contribution < 1.29 is 13.2 Å². The van der Waals surface area contributed by atoms with Crippen LogP contribution in [0.5, 0.6) is 0 Å². The SMILES string of the molecule is BC1(B)N(c2cc(Nc3ncn(-c4cnccn4)n3)cc(C(F)(F)F)c2)C(B)(B)C(B)(B)C(B)(B)C1(B)B. The molecule has 0 amide bonds. The van der Waals surface area contributed by atoms with Crippen molar-refractivity contribution in [3.63, 3.8) is 0 Å². The number of piperidine rings is 1. The number of alkyl halides is 3. The van der Waals surface area contributed by atoms with E-state index in [4.69, 9.17) is 0 Å². The normalized spacial score (nSPS) is 21.0. The third-order valence-corrected chi connectivity index (χ3v) is 10.3. The van der Waals surface area contributed by atoms with Gasteiger partial charge in [0.15, 0.2) is 5.82 Å². The number of rotatable bonds is 4. The summed E-state index contributed by atoms with van der Waals surface area (Å²) < 4.78 is 44.0. The Morgan fingerprint density at radius 3 is 1.89 bits per heavy atom. The summed E-state index contributed by atoms with van der Waals surface area (Å²) in [6.45, 7) is 0. The monoisotopic (exact) mass is 509 g/mol. The molecule has 7 nitrogen and oxygen atoms in total. The Kier molecular flexibility index (Phi) is 6.56. The number of nitrogens with one attached hydrogen (secondary N) is 1. The summed E-state index contributed by atoms with van der Waals surface area (Å²) in [5.41, 5.74) is -0.000921. The Morgan fingerprint density at radius 1 is 0.763 bits per heavy atom. The molecule has 20 heteroatoms. The molecule has 0 aliphatic carbocycles. The predicted octanol–water partition coefficient (Wildman–Crippen LogP) is -6.37. The van der Waals surface area contributed by atoms with Crippen LogP contribution in [0.4, 0.5) is 30.5 Å². The first-order valence-electron chi connectivity index (χ1n) is 12.7. The maximum atomic E-state index is 14.2. The van der Waals surface area contributed by atoms with Crippen molar-refractivity contribution in [1.29, 1.82) is 0 Å². The first kappa shape index (κ1) is 28.5. The molecule has 1 N–H and O–H groups in total. The third kappa shape index (κ3) is 4.13. The molecule has 1 saturated heterocycles. The molecule has 186 valence electrons. The zero-order valence-electron chi connectivity index (χ0n) is 23.9. The quantitative estimate of drug-likeness (QED) is 0.355. The van der Waals surface area contributed by atoms with Gasteiger partial charge in [0, 0.05) is 23.8 Å². The lowest BCUT2D eigenvalue weighted by Gasteiger charge is -2.77. The van der Waals surface area contributed by atoms with Crippen molar-refractivity contribution in [1.82, 2.24) is 24.7 Å². The molecule has 1 aromatic carbocycles. The topological polar surface area (TPSA) is 71.8 Å². The van der Waals surface area contributed by atoms with Gasteiger partial charge in [-0.1, -0.05) is 15.6 Å². The van der Waals surface area contributed by atoms with Gasteiger partial charge in [0.25, 0.3) is 0 Å². The zero-order valence-corrected chi connectivity index (χ0v) is 23.9. The highest BCUT2D eigenvalue weighted by Crippen LogP contribution is 2.69. The van der Waals surface area contributed by atoms with Gasteiger partial charge in [0.1, 0.15) is 37.7 Å². The summed E-state index contributed by atoms with van der Waals surface area (Å²) >= 11 is 0. The lowest BCUT2D eigenvalue weighted by atomic mass is 9.05. The maximum absolute atomic E-state index is 14.2. The molecular weight excluding hydrogens is 479 g/mol. The fourth-order valence-electron chi connectivity index (χ4n) is 6.16. The van der Waals surface area contributed by atoms with Crippen molar-refractivity contribution in [2.24, 2.45) is 0 Å². The van der Waals surface area contributed by atoms with Gasteiger partial charge in [-0.15, -0.1) is 5.10 Å². The molecule has 0 atom stereocenters. The average molecular weight is 508 g/mol. The first-order chi connectivity index (χ1) is 17.2. The summed E-state index contributed by atoms with van der Waals surface area (Å²) in [7, 11) is 21.9. The second-order valence-corrected chi connectivity index (χ2v) is 12.8. The first-order valence-corrected chi connectivity index (χ1v) is 12.7. The molecule has 0 radical (unpaired) electrons. The highest BCUT2D eigenvalue weighted by Gasteiger charge is 2.65. The average Bonchev–Trinajstić information content (AvgIpc) is 3.26. The molecule has 1 fully saturated rings. The van der Waals surface area contributed by atoms with Crippen LogP contribution in [0.3, 0.4) is 0 Å². The van der Waals surface area contributed by atoms with E-state index >= 15 is 0 Å². The Bertz CT molecular complexity index is 1320. The molecule has 2 aromatic heterocycles. The molecule has 3 heterocycles. The van der Waals surface area contributed by atoms with Gasteiger partial charge in [-0.3, -0.25) is 4.98 Å². The van der Waals surface area contributed by atoms with Crippen LogP contribution in [0.15, 0.2) is 43.1 Å². The van der Waals surface area contributed by atoms with Crippen LogP contribution in [0.25, 0.3) is 5.82 Å². The minimum Gasteiger partial charge on any atom is -0.394 e. The summed E-state index contributed by atoms with van der Waals surface area (Å²) in [6.07, 6.45) is 1.48. The Balaban J connectivity index is 1.85. The number of aromatic nitrogens is 5. The highest BCUT2D eigenvalue weighted by molar-refractivity contribution is 6.71. The van der Waals surface area contributed by atoms with Crippen LogP contribution in [-0.2, 0) is 6.18 Å². The Hall–Kier alpha value is -2.52. The van der Waals surface area contributed by atoms with Gasteiger partial charge in [-0.05, 0) is 28.9 Å². The van der Waals surface area contributed by atoms with Crippen molar-refractivity contribution in [2.75, 3.05) is 10.2 Å². The molecule has 0 bridgehead atoms. The van der Waals surface area contributed by atoms with Gasteiger partial charge in [-0.25, -0.2) is 4.98 Å². The van der Waals surface area contributed by atoms with Crippen molar-refractivity contribution in [3.05, 3.63) is 48.7 Å². The van der Waals surface area contributed by atoms with Crippen LogP contribution < -0.4 is 10.2 Å². The number of benzene rings is 1. The number of anilines is 3. The van der Waals surface area contributed by atoms with Crippen molar-refractivity contribution in [3.8, 4) is 5.82 Å². The molecule has 4 rings (SSSR count). The lowest BCUT2D eigenvalue weighted by Crippen LogP contribution is -2.81. The van der Waals surface area contributed by atoms with Gasteiger partial charge < -0.3 is 10.2 Å². The van der Waals surface area contributed by atoms with Gasteiger partial charge in [0.2, 0.25) is 5.95 Å². The molecule has 0 saturated carbocycles. The van der Waals surface area contributed by atoms with Crippen molar-refractivity contribution in [2.45, 2.75) is 32.5 Å². The molecule has 0 unspecified atom stereocenters. The third-order valence-electron chi connectivity index (χ3n) is 10.3. The van der Waals surface area contributed by atoms with Crippen LogP contribution in [0.2, 0.25) is 15.6 Å². The largest absolute Gasteiger partial charge is 0.416 e. The fourth-order valence-corrected chi connectivity index (χ4v) is 6.16. The molecule has 1 aliphatic heterocycles. The van der Waals surface area contributed by atoms with E-state index in [9.17, 15) is 13.2 Å². The highest BCUT2D eigenvalue weighted by atomic mass is 19.4. The number of hydrogen-bond donors (Lipinski definition) is 1. The zero-order chi connectivity index (χ0) is 28.5. The second kappa shape index (κ2) is 8.74.